The molecule has 0 atom stereocenters. The van der Waals surface area contributed by atoms with Crippen molar-refractivity contribution in [2.24, 2.45) is 5.10 Å². The number of hydrazone groups is 1. The number of aromatic nitrogens is 5. The summed E-state index contributed by atoms with van der Waals surface area (Å²) in [6, 6.07) is 17.9. The average molecular weight is 603 g/mol. The molecule has 4 rings (SSSR count). The highest BCUT2D eigenvalue weighted by atomic mass is 79.9. The van der Waals surface area contributed by atoms with E-state index in [1.165, 1.54) is 21.6 Å². The molecule has 0 bridgehead atoms. The Morgan fingerprint density at radius 3 is 2.81 bits per heavy atom. The lowest BCUT2D eigenvalue weighted by Crippen LogP contribution is -2.16. The van der Waals surface area contributed by atoms with Crippen LogP contribution in [0.3, 0.4) is 0 Å². The van der Waals surface area contributed by atoms with Gasteiger partial charge in [0.05, 0.1) is 5.75 Å². The molecular weight excluding hydrogens is 582 g/mol. The Morgan fingerprint density at radius 1 is 1.11 bits per heavy atom. The second kappa shape index (κ2) is 13.2. The van der Waals surface area contributed by atoms with Gasteiger partial charge in [-0.05, 0) is 29.3 Å². The second-order valence-electron chi connectivity index (χ2n) is 6.96. The Labute approximate surface area is 228 Å². The summed E-state index contributed by atoms with van der Waals surface area (Å²) in [4.78, 5) is 12.3. The van der Waals surface area contributed by atoms with Crippen LogP contribution in [0, 0.1) is 0 Å². The van der Waals surface area contributed by atoms with Crippen molar-refractivity contribution in [1.29, 1.82) is 0 Å². The van der Waals surface area contributed by atoms with Crippen molar-refractivity contribution in [1.82, 2.24) is 25.1 Å². The Hall–Kier alpha value is -3.20. The predicted octanol–water partition coefficient (Wildman–Crippen LogP) is 4.74. The number of halogens is 1. The molecule has 0 saturated heterocycles. The summed E-state index contributed by atoms with van der Waals surface area (Å²) in [5.74, 6) is 6.84. The Morgan fingerprint density at radius 2 is 1.97 bits per heavy atom. The highest BCUT2D eigenvalue weighted by Gasteiger charge is 2.14. The predicted molar refractivity (Wildman–Crippen MR) is 151 cm³/mol. The van der Waals surface area contributed by atoms with E-state index < -0.39 is 0 Å². The number of nitrogens with two attached hydrogens (primary N) is 1. The van der Waals surface area contributed by atoms with E-state index >= 15 is 0 Å². The van der Waals surface area contributed by atoms with Crippen LogP contribution in [-0.4, -0.2) is 42.9 Å². The van der Waals surface area contributed by atoms with E-state index in [1.54, 1.807) is 24.1 Å². The van der Waals surface area contributed by atoms with Crippen LogP contribution < -0.4 is 16.6 Å². The summed E-state index contributed by atoms with van der Waals surface area (Å²) in [7, 11) is 0. The number of carbonyl (C=O) groups is 1. The molecule has 0 spiro atoms. The first-order valence-electron chi connectivity index (χ1n) is 10.4. The Bertz CT molecular complexity index is 1360. The summed E-state index contributed by atoms with van der Waals surface area (Å²) in [5, 5.41) is 23.7. The standard InChI is InChI=1S/C22H20BrN9OS3/c23-17-10-4-8-16(12-17)13-35-22-31-29-20(36-22)26-18(33)14-34-21-30-28-19(32(21)24)27-25-11-5-9-15-6-2-1-3-7-15/h1-12H,13-14,24H2,(H,27,28)(H,26,29,33)/b9-5+,25-11+. The van der Waals surface area contributed by atoms with E-state index in [2.05, 4.69) is 58.2 Å². The van der Waals surface area contributed by atoms with E-state index in [0.29, 0.717) is 10.3 Å². The van der Waals surface area contributed by atoms with E-state index in [4.69, 9.17) is 5.84 Å². The van der Waals surface area contributed by atoms with Crippen LogP contribution in [0.2, 0.25) is 0 Å². The summed E-state index contributed by atoms with van der Waals surface area (Å²) < 4.78 is 3.04. The minimum atomic E-state index is -0.249. The SMILES string of the molecule is Nn1c(N/N=C/C=C/c2ccccc2)nnc1SCC(=O)Nc1nnc(SCc2cccc(Br)c2)s1. The summed E-state index contributed by atoms with van der Waals surface area (Å²) >= 11 is 7.50. The molecule has 0 saturated carbocycles. The number of hydrogen-bond acceptors (Lipinski definition) is 11. The van der Waals surface area contributed by atoms with E-state index in [-0.39, 0.29) is 17.6 Å². The Kier molecular flexibility index (Phi) is 9.49. The van der Waals surface area contributed by atoms with Gasteiger partial charge in [0.15, 0.2) is 4.34 Å². The number of thioether (sulfide) groups is 2. The molecule has 10 nitrogen and oxygen atoms in total. The van der Waals surface area contributed by atoms with E-state index in [9.17, 15) is 4.79 Å². The maximum Gasteiger partial charge on any atom is 0.264 e. The molecule has 0 fully saturated rings. The van der Waals surface area contributed by atoms with Gasteiger partial charge in [0.25, 0.3) is 5.95 Å². The van der Waals surface area contributed by atoms with Gasteiger partial charge < -0.3 is 5.84 Å². The van der Waals surface area contributed by atoms with Crippen LogP contribution in [0.15, 0.2) is 79.7 Å². The smallest absolute Gasteiger partial charge is 0.264 e. The van der Waals surface area contributed by atoms with Crippen LogP contribution in [0.4, 0.5) is 11.1 Å². The van der Waals surface area contributed by atoms with Crippen molar-refractivity contribution < 1.29 is 4.79 Å². The third-order valence-electron chi connectivity index (χ3n) is 4.31. The molecule has 1 amide bonds. The molecule has 2 aromatic carbocycles. The number of carbonyl (C=O) groups excluding carboxylic acids is 1. The first kappa shape index (κ1) is 25.9. The van der Waals surface area contributed by atoms with Crippen molar-refractivity contribution in [3.05, 3.63) is 76.3 Å². The first-order chi connectivity index (χ1) is 17.6. The molecule has 0 aliphatic rings. The van der Waals surface area contributed by atoms with Gasteiger partial charge >= 0.3 is 0 Å². The molecule has 2 heterocycles. The largest absolute Gasteiger partial charge is 0.334 e. The molecule has 2 aromatic heterocycles. The third-order valence-corrected chi connectivity index (χ3v) is 7.79. The summed E-state index contributed by atoms with van der Waals surface area (Å²) in [6.07, 6.45) is 5.28. The van der Waals surface area contributed by atoms with Gasteiger partial charge in [-0.25, -0.2) is 10.1 Å². The number of nitrogen functional groups attached to an aromatic ring is 1. The number of anilines is 2. The monoisotopic (exact) mass is 601 g/mol. The molecule has 14 heteroatoms. The lowest BCUT2D eigenvalue weighted by molar-refractivity contribution is -0.113. The normalized spacial score (nSPS) is 11.4. The maximum atomic E-state index is 12.3. The molecule has 4 N–H and O–H groups in total. The molecule has 0 aliphatic carbocycles. The van der Waals surface area contributed by atoms with Crippen molar-refractivity contribution in [3.8, 4) is 0 Å². The second-order valence-corrected chi connectivity index (χ2v) is 11.0. The molecule has 0 unspecified atom stereocenters. The van der Waals surface area contributed by atoms with Crippen LogP contribution in [-0.2, 0) is 10.5 Å². The summed E-state index contributed by atoms with van der Waals surface area (Å²) in [5.41, 5.74) is 4.95. The molecular formula is C22H20BrN9OS3. The molecule has 4 aromatic rings. The zero-order valence-electron chi connectivity index (χ0n) is 18.6. The van der Waals surface area contributed by atoms with Gasteiger partial charge in [0.1, 0.15) is 0 Å². The third kappa shape index (κ3) is 7.91. The molecule has 0 aliphatic heterocycles. The number of rotatable bonds is 11. The number of benzene rings is 2. The minimum Gasteiger partial charge on any atom is -0.334 e. The number of allylic oxidation sites excluding steroid dienone is 1. The molecule has 184 valence electrons. The fraction of sp³-hybridized carbons (Fsp3) is 0.0909. The highest BCUT2D eigenvalue weighted by molar-refractivity contribution is 9.10. The van der Waals surface area contributed by atoms with E-state index in [0.717, 1.165) is 31.9 Å². The maximum absolute atomic E-state index is 12.3. The van der Waals surface area contributed by atoms with Crippen LogP contribution in [0.5, 0.6) is 0 Å². The molecule has 0 radical (unpaired) electrons. The van der Waals surface area contributed by atoms with Gasteiger partial charge in [0.2, 0.25) is 16.2 Å². The highest BCUT2D eigenvalue weighted by Crippen LogP contribution is 2.29. The lowest BCUT2D eigenvalue weighted by atomic mass is 10.2. The lowest BCUT2D eigenvalue weighted by Gasteiger charge is -2.02. The van der Waals surface area contributed by atoms with Crippen molar-refractivity contribution in [2.75, 3.05) is 22.3 Å². The fourth-order valence-corrected chi connectivity index (χ4v) is 5.50. The van der Waals surface area contributed by atoms with Crippen LogP contribution in [0.1, 0.15) is 11.1 Å². The van der Waals surface area contributed by atoms with Gasteiger partial charge in [0, 0.05) is 16.4 Å². The average Bonchev–Trinajstić information content (AvgIpc) is 3.48. The number of nitrogens with one attached hydrogen (secondary N) is 2. The van der Waals surface area contributed by atoms with Crippen molar-refractivity contribution in [3.63, 3.8) is 0 Å². The van der Waals surface area contributed by atoms with Crippen LogP contribution in [0.25, 0.3) is 6.08 Å². The fourth-order valence-electron chi connectivity index (χ4n) is 2.68. The zero-order valence-corrected chi connectivity index (χ0v) is 22.6. The first-order valence-corrected chi connectivity index (χ1v) is 14.0. The van der Waals surface area contributed by atoms with Gasteiger partial charge in [-0.1, -0.05) is 99.3 Å². The Balaban J connectivity index is 1.20. The summed E-state index contributed by atoms with van der Waals surface area (Å²) in [6.45, 7) is 0. The number of nitrogens with zero attached hydrogens (tertiary/aromatic N) is 6. The van der Waals surface area contributed by atoms with Gasteiger partial charge in [-0.2, -0.15) is 5.10 Å². The minimum absolute atomic E-state index is 0.0819. The van der Waals surface area contributed by atoms with Crippen LogP contribution >= 0.6 is 50.8 Å². The molecule has 36 heavy (non-hydrogen) atoms. The number of amides is 1. The van der Waals surface area contributed by atoms with Gasteiger partial charge in [-0.15, -0.1) is 20.4 Å². The van der Waals surface area contributed by atoms with Gasteiger partial charge in [-0.3, -0.25) is 10.1 Å². The van der Waals surface area contributed by atoms with E-state index in [1.807, 2.05) is 54.6 Å². The zero-order chi connectivity index (χ0) is 25.2. The quantitative estimate of drug-likeness (QED) is 0.0731. The van der Waals surface area contributed by atoms with Crippen molar-refractivity contribution >= 4 is 80.1 Å². The van der Waals surface area contributed by atoms with Crippen molar-refractivity contribution in [2.45, 2.75) is 15.2 Å². The number of hydrogen-bond donors (Lipinski definition) is 3. The topological polar surface area (TPSA) is 136 Å².